The first-order chi connectivity index (χ1) is 12.3. The van der Waals surface area contributed by atoms with Crippen molar-refractivity contribution in [2.75, 3.05) is 5.32 Å². The molecule has 5 heteroatoms. The molecule has 0 aliphatic heterocycles. The van der Waals surface area contributed by atoms with Crippen molar-refractivity contribution in [1.82, 2.24) is 4.98 Å². The van der Waals surface area contributed by atoms with Crippen LogP contribution in [0.2, 0.25) is 5.02 Å². The molecule has 2 atom stereocenters. The molecule has 0 spiro atoms. The number of oxazole rings is 1. The Kier molecular flexibility index (Phi) is 4.17. The smallest absolute Gasteiger partial charge is 0.232 e. The van der Waals surface area contributed by atoms with Crippen LogP contribution in [0.15, 0.2) is 59.0 Å². The lowest BCUT2D eigenvalue weighted by molar-refractivity contribution is 0.505. The number of hydrogen-bond acceptors (Lipinski definition) is 4. The van der Waals surface area contributed by atoms with Gasteiger partial charge in [0.15, 0.2) is 0 Å². The summed E-state index contributed by atoms with van der Waals surface area (Å²) in [5.41, 5.74) is 2.52. The van der Waals surface area contributed by atoms with E-state index in [4.69, 9.17) is 16.0 Å². The van der Waals surface area contributed by atoms with Crippen LogP contribution in [0.1, 0.15) is 41.0 Å². The topological polar surface area (TPSA) is 61.9 Å². The quantitative estimate of drug-likeness (QED) is 0.697. The number of halogens is 1. The van der Waals surface area contributed by atoms with Gasteiger partial charge >= 0.3 is 0 Å². The molecule has 1 aromatic heterocycles. The standard InChI is InChI=1S/C20H16ClN3O/c21-17-9-5-4-8-14(17)12-23-20-18(11-22)24-19(25-20)16-10-15(16)13-6-2-1-3-7-13/h1-9,15-16,23H,10,12H2/t15-,16-/m1/s1. The van der Waals surface area contributed by atoms with Crippen LogP contribution in [-0.2, 0) is 6.54 Å². The number of anilines is 1. The van der Waals surface area contributed by atoms with E-state index in [9.17, 15) is 5.26 Å². The number of nitriles is 1. The molecular formula is C20H16ClN3O. The van der Waals surface area contributed by atoms with Crippen molar-refractivity contribution in [3.8, 4) is 6.07 Å². The number of nitrogens with one attached hydrogen (secondary N) is 1. The van der Waals surface area contributed by atoms with E-state index in [-0.39, 0.29) is 5.92 Å². The van der Waals surface area contributed by atoms with E-state index in [0.717, 1.165) is 12.0 Å². The number of hydrogen-bond donors (Lipinski definition) is 1. The van der Waals surface area contributed by atoms with Crippen molar-refractivity contribution in [3.05, 3.63) is 82.3 Å². The van der Waals surface area contributed by atoms with Gasteiger partial charge in [-0.15, -0.1) is 0 Å². The summed E-state index contributed by atoms with van der Waals surface area (Å²) in [5, 5.41) is 13.2. The molecule has 1 saturated carbocycles. The molecule has 2 aromatic carbocycles. The van der Waals surface area contributed by atoms with Gasteiger partial charge in [0.1, 0.15) is 6.07 Å². The van der Waals surface area contributed by atoms with Crippen LogP contribution >= 0.6 is 11.6 Å². The van der Waals surface area contributed by atoms with E-state index in [1.54, 1.807) is 0 Å². The number of rotatable bonds is 5. The summed E-state index contributed by atoms with van der Waals surface area (Å²) in [4.78, 5) is 4.38. The highest BCUT2D eigenvalue weighted by Gasteiger charge is 2.43. The average molecular weight is 350 g/mol. The maximum absolute atomic E-state index is 9.33. The molecule has 25 heavy (non-hydrogen) atoms. The summed E-state index contributed by atoms with van der Waals surface area (Å²) in [6.45, 7) is 0.482. The first kappa shape index (κ1) is 15.7. The minimum atomic E-state index is 0.241. The minimum Gasteiger partial charge on any atom is -0.424 e. The Hall–Kier alpha value is -2.77. The van der Waals surface area contributed by atoms with Crippen molar-refractivity contribution in [2.45, 2.75) is 24.8 Å². The van der Waals surface area contributed by atoms with Crippen molar-refractivity contribution < 1.29 is 4.42 Å². The van der Waals surface area contributed by atoms with Crippen LogP contribution in [0, 0.1) is 11.3 Å². The molecule has 0 saturated heterocycles. The molecule has 0 unspecified atom stereocenters. The summed E-state index contributed by atoms with van der Waals surface area (Å²) in [6.07, 6.45) is 0.999. The fourth-order valence-corrected chi connectivity index (χ4v) is 3.25. The zero-order valence-corrected chi connectivity index (χ0v) is 14.2. The van der Waals surface area contributed by atoms with Gasteiger partial charge in [0.05, 0.1) is 0 Å². The molecule has 4 rings (SSSR count). The number of benzene rings is 2. The van der Waals surface area contributed by atoms with Gasteiger partial charge in [-0.1, -0.05) is 60.1 Å². The lowest BCUT2D eigenvalue weighted by Crippen LogP contribution is -2.00. The van der Waals surface area contributed by atoms with E-state index in [1.165, 1.54) is 5.56 Å². The number of nitrogens with zero attached hydrogens (tertiary/aromatic N) is 2. The summed E-state index contributed by atoms with van der Waals surface area (Å²) < 4.78 is 5.86. The Morgan fingerprint density at radius 1 is 1.12 bits per heavy atom. The molecule has 1 fully saturated rings. The molecule has 0 radical (unpaired) electrons. The van der Waals surface area contributed by atoms with Crippen molar-refractivity contribution in [2.24, 2.45) is 0 Å². The van der Waals surface area contributed by atoms with Crippen LogP contribution in [0.5, 0.6) is 0 Å². The van der Waals surface area contributed by atoms with E-state index >= 15 is 0 Å². The Bertz CT molecular complexity index is 930. The lowest BCUT2D eigenvalue weighted by Gasteiger charge is -2.05. The summed E-state index contributed by atoms with van der Waals surface area (Å²) >= 11 is 6.17. The van der Waals surface area contributed by atoms with Crippen LogP contribution in [0.4, 0.5) is 5.88 Å². The molecule has 1 heterocycles. The zero-order valence-electron chi connectivity index (χ0n) is 13.4. The number of aromatic nitrogens is 1. The van der Waals surface area contributed by atoms with Crippen LogP contribution in [-0.4, -0.2) is 4.98 Å². The van der Waals surface area contributed by atoms with Crippen molar-refractivity contribution in [1.29, 1.82) is 5.26 Å². The second-order valence-electron chi connectivity index (χ2n) is 6.15. The fourth-order valence-electron chi connectivity index (χ4n) is 3.04. The summed E-state index contributed by atoms with van der Waals surface area (Å²) in [7, 11) is 0. The molecule has 1 aliphatic rings. The largest absolute Gasteiger partial charge is 0.424 e. The summed E-state index contributed by atoms with van der Waals surface area (Å²) in [5.74, 6) is 1.70. The van der Waals surface area contributed by atoms with Gasteiger partial charge in [0, 0.05) is 17.5 Å². The average Bonchev–Trinajstić information content (AvgIpc) is 3.35. The minimum absolute atomic E-state index is 0.241. The Labute approximate surface area is 151 Å². The molecule has 1 N–H and O–H groups in total. The Balaban J connectivity index is 1.49. The van der Waals surface area contributed by atoms with E-state index in [2.05, 4.69) is 28.5 Å². The fraction of sp³-hybridized carbons (Fsp3) is 0.200. The van der Waals surface area contributed by atoms with Crippen molar-refractivity contribution >= 4 is 17.5 Å². The van der Waals surface area contributed by atoms with Gasteiger partial charge in [-0.25, -0.2) is 4.98 Å². The highest BCUT2D eigenvalue weighted by molar-refractivity contribution is 6.31. The first-order valence-electron chi connectivity index (χ1n) is 8.19. The van der Waals surface area contributed by atoms with Gasteiger partial charge in [-0.3, -0.25) is 0 Å². The maximum Gasteiger partial charge on any atom is 0.232 e. The second kappa shape index (κ2) is 6.62. The lowest BCUT2D eigenvalue weighted by atomic mass is 10.1. The van der Waals surface area contributed by atoms with E-state index < -0.39 is 0 Å². The maximum atomic E-state index is 9.33. The molecule has 3 aromatic rings. The normalized spacial score (nSPS) is 18.6. The zero-order chi connectivity index (χ0) is 17.2. The highest BCUT2D eigenvalue weighted by Crippen LogP contribution is 2.54. The third-order valence-corrected chi connectivity index (χ3v) is 4.85. The molecule has 0 bridgehead atoms. The molecule has 4 nitrogen and oxygen atoms in total. The molecule has 1 aliphatic carbocycles. The van der Waals surface area contributed by atoms with Crippen LogP contribution in [0.25, 0.3) is 0 Å². The van der Waals surface area contributed by atoms with Gasteiger partial charge in [0.25, 0.3) is 0 Å². The first-order valence-corrected chi connectivity index (χ1v) is 8.57. The van der Waals surface area contributed by atoms with Gasteiger partial charge in [-0.05, 0) is 29.5 Å². The third kappa shape index (κ3) is 3.24. The van der Waals surface area contributed by atoms with Gasteiger partial charge in [-0.2, -0.15) is 5.26 Å². The Morgan fingerprint density at radius 2 is 1.88 bits per heavy atom. The predicted molar refractivity (Wildman–Crippen MR) is 96.5 cm³/mol. The van der Waals surface area contributed by atoms with E-state index in [1.807, 2.05) is 42.5 Å². The second-order valence-corrected chi connectivity index (χ2v) is 6.55. The van der Waals surface area contributed by atoms with Crippen LogP contribution in [0.3, 0.4) is 0 Å². The summed E-state index contributed by atoms with van der Waals surface area (Å²) in [6, 6.07) is 20.0. The van der Waals surface area contributed by atoms with E-state index in [0.29, 0.717) is 35.0 Å². The molecular weight excluding hydrogens is 334 g/mol. The predicted octanol–water partition coefficient (Wildman–Crippen LogP) is 5.08. The highest BCUT2D eigenvalue weighted by atomic mass is 35.5. The third-order valence-electron chi connectivity index (χ3n) is 4.48. The molecule has 124 valence electrons. The Morgan fingerprint density at radius 3 is 2.64 bits per heavy atom. The monoisotopic (exact) mass is 349 g/mol. The van der Waals surface area contributed by atoms with Crippen molar-refractivity contribution in [3.63, 3.8) is 0 Å². The van der Waals surface area contributed by atoms with Gasteiger partial charge in [0.2, 0.25) is 17.5 Å². The molecule has 0 amide bonds. The van der Waals surface area contributed by atoms with Crippen LogP contribution < -0.4 is 5.32 Å². The SMILES string of the molecule is N#Cc1nc([C@@H]2C[C@@H]2c2ccccc2)oc1NCc1ccccc1Cl. The van der Waals surface area contributed by atoms with Gasteiger partial charge < -0.3 is 9.73 Å².